The zero-order chi connectivity index (χ0) is 13.7. The zero-order valence-corrected chi connectivity index (χ0v) is 11.2. The molecule has 1 heterocycles. The van der Waals surface area contributed by atoms with Gasteiger partial charge in [-0.1, -0.05) is 15.9 Å². The van der Waals surface area contributed by atoms with E-state index in [0.29, 0.717) is 11.0 Å². The summed E-state index contributed by atoms with van der Waals surface area (Å²) in [6.45, 7) is 1.77. The maximum Gasteiger partial charge on any atom is 0.311 e. The third kappa shape index (κ3) is 3.63. The van der Waals surface area contributed by atoms with E-state index in [0.717, 1.165) is 6.07 Å². The molecule has 0 unspecified atom stereocenters. The molecule has 0 saturated carbocycles. The van der Waals surface area contributed by atoms with E-state index < -0.39 is 23.4 Å². The molecular weight excluding hydrogens is 312 g/mol. The summed E-state index contributed by atoms with van der Waals surface area (Å²) >= 11 is 3.11. The highest BCUT2D eigenvalue weighted by Gasteiger charge is 2.20. The Kier molecular flexibility index (Phi) is 5.46. The molecule has 18 heavy (non-hydrogen) atoms. The number of aromatic amines is 1. The van der Waals surface area contributed by atoms with Gasteiger partial charge in [0, 0.05) is 22.8 Å². The largest absolute Gasteiger partial charge is 0.466 e. The molecule has 1 N–H and O–H groups in total. The second-order valence-electron chi connectivity index (χ2n) is 3.47. The van der Waals surface area contributed by atoms with E-state index in [-0.39, 0.29) is 18.7 Å². The van der Waals surface area contributed by atoms with Crippen molar-refractivity contribution >= 4 is 21.9 Å². The number of aromatic nitrogens is 1. The lowest BCUT2D eigenvalue weighted by atomic mass is 10.1. The van der Waals surface area contributed by atoms with E-state index in [1.54, 1.807) is 6.92 Å². The van der Waals surface area contributed by atoms with Gasteiger partial charge < -0.3 is 9.72 Å². The lowest BCUT2D eigenvalue weighted by molar-refractivity contribution is -0.142. The van der Waals surface area contributed by atoms with Gasteiger partial charge in [-0.2, -0.15) is 0 Å². The first-order valence-corrected chi connectivity index (χ1v) is 6.36. The highest BCUT2D eigenvalue weighted by Crippen LogP contribution is 2.19. The maximum absolute atomic E-state index is 12.8. The summed E-state index contributed by atoms with van der Waals surface area (Å²) < 4.78 is 30.2. The van der Waals surface area contributed by atoms with Gasteiger partial charge in [0.05, 0.1) is 18.6 Å². The van der Waals surface area contributed by atoms with Gasteiger partial charge in [0.25, 0.3) is 6.43 Å². The van der Waals surface area contributed by atoms with Crippen molar-refractivity contribution in [3.63, 3.8) is 0 Å². The van der Waals surface area contributed by atoms with Crippen LogP contribution in [0.15, 0.2) is 10.9 Å². The Morgan fingerprint density at radius 2 is 2.22 bits per heavy atom. The van der Waals surface area contributed by atoms with E-state index in [1.165, 1.54) is 0 Å². The second kappa shape index (κ2) is 6.63. The number of esters is 1. The standard InChI is InChI=1S/C11H12BrF2NO3/c1-2-18-9(17)4-7-10(11(13)14)8(16)3-6(5-12)15-7/h3,11H,2,4-5H2,1H3,(H,15,16). The van der Waals surface area contributed by atoms with E-state index in [9.17, 15) is 18.4 Å². The molecule has 7 heteroatoms. The summed E-state index contributed by atoms with van der Waals surface area (Å²) in [6, 6.07) is 1.09. The number of halogens is 3. The van der Waals surface area contributed by atoms with Crippen molar-refractivity contribution in [2.45, 2.75) is 25.1 Å². The number of carbonyl (C=O) groups is 1. The average Bonchev–Trinajstić information content (AvgIpc) is 2.27. The van der Waals surface area contributed by atoms with E-state index in [1.807, 2.05) is 0 Å². The van der Waals surface area contributed by atoms with Gasteiger partial charge in [-0.3, -0.25) is 9.59 Å². The van der Waals surface area contributed by atoms with Crippen molar-refractivity contribution < 1.29 is 18.3 Å². The van der Waals surface area contributed by atoms with Crippen LogP contribution in [0.3, 0.4) is 0 Å². The quantitative estimate of drug-likeness (QED) is 0.668. The summed E-state index contributed by atoms with van der Waals surface area (Å²) in [5.41, 5.74) is -1.11. The monoisotopic (exact) mass is 323 g/mol. The molecule has 100 valence electrons. The lowest BCUT2D eigenvalue weighted by Crippen LogP contribution is -2.19. The Hall–Kier alpha value is -1.24. The number of carbonyl (C=O) groups excluding carboxylic acids is 1. The van der Waals surface area contributed by atoms with Crippen molar-refractivity contribution in [3.05, 3.63) is 33.2 Å². The van der Waals surface area contributed by atoms with Crippen LogP contribution < -0.4 is 5.43 Å². The third-order valence-electron chi connectivity index (χ3n) is 2.20. The second-order valence-corrected chi connectivity index (χ2v) is 4.03. The molecule has 1 aromatic heterocycles. The van der Waals surface area contributed by atoms with E-state index in [4.69, 9.17) is 0 Å². The summed E-state index contributed by atoms with van der Waals surface area (Å²) in [7, 11) is 0. The number of ether oxygens (including phenoxy) is 1. The van der Waals surface area contributed by atoms with Crippen molar-refractivity contribution in [1.82, 2.24) is 4.98 Å². The van der Waals surface area contributed by atoms with Gasteiger partial charge in [0.1, 0.15) is 0 Å². The van der Waals surface area contributed by atoms with Crippen LogP contribution in [0, 0.1) is 0 Å². The number of pyridine rings is 1. The Balaban J connectivity index is 3.17. The van der Waals surface area contributed by atoms with Gasteiger partial charge >= 0.3 is 5.97 Å². The number of rotatable bonds is 5. The Morgan fingerprint density at radius 1 is 1.56 bits per heavy atom. The fourth-order valence-corrected chi connectivity index (χ4v) is 1.79. The zero-order valence-electron chi connectivity index (χ0n) is 9.63. The van der Waals surface area contributed by atoms with Crippen LogP contribution in [0.4, 0.5) is 8.78 Å². The molecule has 0 radical (unpaired) electrons. The Labute approximate surface area is 110 Å². The summed E-state index contributed by atoms with van der Waals surface area (Å²) in [4.78, 5) is 25.5. The van der Waals surface area contributed by atoms with Crippen LogP contribution in [-0.4, -0.2) is 17.6 Å². The molecule has 1 rings (SSSR count). The molecule has 0 amide bonds. The predicted octanol–water partition coefficient (Wildman–Crippen LogP) is 2.31. The van der Waals surface area contributed by atoms with Gasteiger partial charge in [-0.15, -0.1) is 0 Å². The van der Waals surface area contributed by atoms with Crippen molar-refractivity contribution in [2.75, 3.05) is 6.61 Å². The number of hydrogen-bond donors (Lipinski definition) is 1. The number of H-pyrrole nitrogens is 1. The SMILES string of the molecule is CCOC(=O)Cc1[nH]c(CBr)cc(=O)c1C(F)F. The molecule has 0 bridgehead atoms. The van der Waals surface area contributed by atoms with E-state index >= 15 is 0 Å². The molecule has 4 nitrogen and oxygen atoms in total. The molecule has 0 aromatic carbocycles. The highest BCUT2D eigenvalue weighted by atomic mass is 79.9. The van der Waals surface area contributed by atoms with Crippen LogP contribution in [-0.2, 0) is 21.3 Å². The van der Waals surface area contributed by atoms with Crippen molar-refractivity contribution in [2.24, 2.45) is 0 Å². The number of alkyl halides is 3. The third-order valence-corrected chi connectivity index (χ3v) is 2.80. The fraction of sp³-hybridized carbons (Fsp3) is 0.455. The molecule has 0 aliphatic heterocycles. The summed E-state index contributed by atoms with van der Waals surface area (Å²) in [5.74, 6) is -0.651. The minimum atomic E-state index is -2.93. The van der Waals surface area contributed by atoms with Crippen molar-refractivity contribution in [1.29, 1.82) is 0 Å². The first-order valence-electron chi connectivity index (χ1n) is 5.24. The molecule has 0 spiro atoms. The van der Waals surface area contributed by atoms with Gasteiger partial charge in [-0.25, -0.2) is 8.78 Å². The van der Waals surface area contributed by atoms with Gasteiger partial charge in [0.2, 0.25) is 0 Å². The predicted molar refractivity (Wildman–Crippen MR) is 65.0 cm³/mol. The highest BCUT2D eigenvalue weighted by molar-refractivity contribution is 9.08. The van der Waals surface area contributed by atoms with Crippen LogP contribution in [0.5, 0.6) is 0 Å². The first kappa shape index (κ1) is 14.8. The van der Waals surface area contributed by atoms with Crippen molar-refractivity contribution in [3.8, 4) is 0 Å². The summed E-state index contributed by atoms with van der Waals surface area (Å²) in [5, 5.41) is 0.307. The van der Waals surface area contributed by atoms with Gasteiger partial charge in [0.15, 0.2) is 5.43 Å². The lowest BCUT2D eigenvalue weighted by Gasteiger charge is -2.09. The minimum Gasteiger partial charge on any atom is -0.466 e. The average molecular weight is 324 g/mol. The topological polar surface area (TPSA) is 59.2 Å². The van der Waals surface area contributed by atoms with Crippen LogP contribution in [0.1, 0.15) is 30.3 Å². The maximum atomic E-state index is 12.8. The molecular formula is C11H12BrF2NO3. The molecule has 0 aliphatic rings. The molecule has 0 saturated heterocycles. The normalized spacial score (nSPS) is 10.7. The van der Waals surface area contributed by atoms with Gasteiger partial charge in [-0.05, 0) is 6.92 Å². The Morgan fingerprint density at radius 3 is 2.72 bits per heavy atom. The summed E-state index contributed by atoms with van der Waals surface area (Å²) in [6.07, 6.45) is -3.30. The number of hydrogen-bond acceptors (Lipinski definition) is 3. The van der Waals surface area contributed by atoms with Crippen LogP contribution >= 0.6 is 15.9 Å². The first-order chi connectivity index (χ1) is 8.49. The number of nitrogens with one attached hydrogen (secondary N) is 1. The van der Waals surface area contributed by atoms with Crippen LogP contribution in [0.25, 0.3) is 0 Å². The van der Waals surface area contributed by atoms with E-state index in [2.05, 4.69) is 25.7 Å². The smallest absolute Gasteiger partial charge is 0.311 e. The molecule has 1 aromatic rings. The molecule has 0 atom stereocenters. The molecule has 0 aliphatic carbocycles. The molecule has 0 fully saturated rings. The fourth-order valence-electron chi connectivity index (χ4n) is 1.49. The minimum absolute atomic E-state index is 0.0922. The van der Waals surface area contributed by atoms with Crippen LogP contribution in [0.2, 0.25) is 0 Å². The Bertz CT molecular complexity index is 488.